The van der Waals surface area contributed by atoms with Gasteiger partial charge in [0.2, 0.25) is 0 Å². The topological polar surface area (TPSA) is 80.8 Å². The van der Waals surface area contributed by atoms with Crippen LogP contribution in [0.3, 0.4) is 0 Å². The van der Waals surface area contributed by atoms with E-state index >= 15 is 4.39 Å². The second-order valence-electron chi connectivity index (χ2n) is 9.63. The van der Waals surface area contributed by atoms with Crippen LogP contribution in [0.1, 0.15) is 51.6 Å². The quantitative estimate of drug-likeness (QED) is 0.296. The number of anilines is 1. The molecule has 1 spiro atoms. The molecule has 0 N–H and O–H groups in total. The number of nitrogens with zero attached hydrogens (tertiary/aromatic N) is 1. The Morgan fingerprint density at radius 2 is 1.54 bits per heavy atom. The summed E-state index contributed by atoms with van der Waals surface area (Å²) in [5, 5.41) is 0. The molecule has 0 bridgehead atoms. The number of ketones is 3. The van der Waals surface area contributed by atoms with Gasteiger partial charge in [0.05, 0.1) is 17.8 Å². The average molecular weight is 496 g/mol. The first-order valence-electron chi connectivity index (χ1n) is 12.0. The molecule has 6 rings (SSSR count). The van der Waals surface area contributed by atoms with E-state index in [1.165, 1.54) is 32.0 Å². The van der Waals surface area contributed by atoms with Crippen molar-refractivity contribution in [3.05, 3.63) is 101 Å². The molecule has 1 saturated heterocycles. The van der Waals surface area contributed by atoms with E-state index in [1.807, 2.05) is 0 Å². The van der Waals surface area contributed by atoms with E-state index in [1.54, 1.807) is 65.6 Å². The minimum Gasteiger partial charge on any atom is -0.424 e. The predicted molar refractivity (Wildman–Crippen MR) is 134 cm³/mol. The summed E-state index contributed by atoms with van der Waals surface area (Å²) in [5.41, 5.74) is -0.0941. The number of halogens is 1. The molecule has 0 unspecified atom stereocenters. The van der Waals surface area contributed by atoms with Gasteiger partial charge in [0, 0.05) is 29.5 Å². The van der Waals surface area contributed by atoms with E-state index in [0.29, 0.717) is 11.3 Å². The Balaban J connectivity index is 1.70. The first-order chi connectivity index (χ1) is 17.8. The number of para-hydroxylation sites is 1. The highest BCUT2D eigenvalue weighted by molar-refractivity contribution is 6.32. The van der Waals surface area contributed by atoms with Crippen molar-refractivity contribution in [2.24, 2.45) is 5.41 Å². The molecule has 0 amide bonds. The van der Waals surface area contributed by atoms with Crippen molar-refractivity contribution in [2.45, 2.75) is 31.8 Å². The van der Waals surface area contributed by atoms with Crippen LogP contribution in [-0.4, -0.2) is 35.4 Å². The van der Waals surface area contributed by atoms with Crippen LogP contribution in [0.25, 0.3) is 6.08 Å². The van der Waals surface area contributed by atoms with Crippen LogP contribution < -0.4 is 9.64 Å². The monoisotopic (exact) mass is 495 g/mol. The number of esters is 1. The molecule has 0 aromatic heterocycles. The highest BCUT2D eigenvalue weighted by Gasteiger charge is 2.71. The van der Waals surface area contributed by atoms with Crippen LogP contribution in [0, 0.1) is 11.2 Å². The summed E-state index contributed by atoms with van der Waals surface area (Å²) in [6.07, 6.45) is 3.49. The van der Waals surface area contributed by atoms with E-state index in [4.69, 9.17) is 4.74 Å². The van der Waals surface area contributed by atoms with E-state index in [-0.39, 0.29) is 28.2 Å². The third-order valence-electron chi connectivity index (χ3n) is 7.70. The number of ether oxygens (including phenoxy) is 1. The van der Waals surface area contributed by atoms with Crippen molar-refractivity contribution in [2.75, 3.05) is 4.90 Å². The number of fused-ring (bicyclic) bond motifs is 5. The zero-order chi connectivity index (χ0) is 26.1. The van der Waals surface area contributed by atoms with Crippen LogP contribution in [0.4, 0.5) is 10.1 Å². The molecule has 37 heavy (non-hydrogen) atoms. The fourth-order valence-electron chi connectivity index (χ4n) is 6.44. The maximum absolute atomic E-state index is 15.5. The van der Waals surface area contributed by atoms with Crippen molar-refractivity contribution in [3.63, 3.8) is 0 Å². The zero-order valence-electron chi connectivity index (χ0n) is 20.1. The largest absolute Gasteiger partial charge is 0.424 e. The molecule has 1 aliphatic carbocycles. The third-order valence-corrected chi connectivity index (χ3v) is 7.70. The van der Waals surface area contributed by atoms with Crippen molar-refractivity contribution in [1.82, 2.24) is 0 Å². The summed E-state index contributed by atoms with van der Waals surface area (Å²) in [5.74, 6) is -3.32. The Hall–Kier alpha value is -4.39. The smallest absolute Gasteiger partial charge is 0.308 e. The molecule has 2 heterocycles. The van der Waals surface area contributed by atoms with E-state index in [2.05, 4.69) is 0 Å². The van der Waals surface area contributed by atoms with Gasteiger partial charge in [-0.1, -0.05) is 66.7 Å². The maximum Gasteiger partial charge on any atom is 0.308 e. The van der Waals surface area contributed by atoms with Crippen LogP contribution in [0.15, 0.2) is 72.8 Å². The summed E-state index contributed by atoms with van der Waals surface area (Å²) in [4.78, 5) is 55.7. The van der Waals surface area contributed by atoms with Crippen molar-refractivity contribution in [1.29, 1.82) is 0 Å². The Kier molecular flexibility index (Phi) is 5.02. The number of hydrogen-bond donors (Lipinski definition) is 0. The van der Waals surface area contributed by atoms with Crippen LogP contribution in [-0.2, 0) is 9.59 Å². The minimum absolute atomic E-state index is 0.117. The number of Topliss-reactive ketones (excluding diaryl/α,β-unsaturated/α-hetero) is 3. The van der Waals surface area contributed by atoms with E-state index < -0.39 is 46.8 Å². The third kappa shape index (κ3) is 2.97. The number of carbonyl (C=O) groups is 4. The van der Waals surface area contributed by atoms with Gasteiger partial charge in [-0.05, 0) is 24.6 Å². The normalized spacial score (nSPS) is 22.6. The molecular formula is C30H22FNO5. The molecule has 1 fully saturated rings. The lowest BCUT2D eigenvalue weighted by Crippen LogP contribution is -2.48. The van der Waals surface area contributed by atoms with E-state index in [0.717, 1.165) is 0 Å². The summed E-state index contributed by atoms with van der Waals surface area (Å²) < 4.78 is 21.0. The fourth-order valence-corrected chi connectivity index (χ4v) is 6.44. The standard InChI is InChI=1S/C30H22FNO5/c1-16(33)26-25(21-11-5-6-12-22(21)31)30(28(35)19-9-3-4-10-20(19)29(30)36)24-15-14-18-8-7-13-23(37-17(2)34)27(18)32(24)26/h3-15,24-26H,1-2H3/t24-,25+,26+/m0/s1. The summed E-state index contributed by atoms with van der Waals surface area (Å²) in [6, 6.07) is 15.6. The van der Waals surface area contributed by atoms with Crippen LogP contribution in [0.5, 0.6) is 5.75 Å². The first-order valence-corrected chi connectivity index (χ1v) is 12.0. The number of benzene rings is 3. The van der Waals surface area contributed by atoms with Gasteiger partial charge in [-0.2, -0.15) is 0 Å². The highest BCUT2D eigenvalue weighted by Crippen LogP contribution is 2.61. The van der Waals surface area contributed by atoms with Gasteiger partial charge >= 0.3 is 5.97 Å². The molecule has 184 valence electrons. The SMILES string of the molecule is CC(=O)Oc1cccc2c1N1[C@H](C(C)=O)[C@@H](c3ccccc3F)C3(C(=O)c4ccccc4C3=O)[C@@H]1C=C2. The molecule has 6 nitrogen and oxygen atoms in total. The minimum atomic E-state index is -1.79. The molecule has 3 aliphatic rings. The van der Waals surface area contributed by atoms with Crippen molar-refractivity contribution >= 4 is 35.1 Å². The Morgan fingerprint density at radius 3 is 2.16 bits per heavy atom. The fraction of sp³-hybridized carbons (Fsp3) is 0.200. The average Bonchev–Trinajstić information content (AvgIpc) is 3.30. The van der Waals surface area contributed by atoms with Gasteiger partial charge in [-0.3, -0.25) is 19.2 Å². The molecule has 3 atom stereocenters. The van der Waals surface area contributed by atoms with E-state index in [9.17, 15) is 19.2 Å². The van der Waals surface area contributed by atoms with Gasteiger partial charge < -0.3 is 9.64 Å². The van der Waals surface area contributed by atoms with Crippen molar-refractivity contribution < 1.29 is 28.3 Å². The molecule has 2 aliphatic heterocycles. The predicted octanol–water partition coefficient (Wildman–Crippen LogP) is 4.77. The summed E-state index contributed by atoms with van der Waals surface area (Å²) in [7, 11) is 0. The molecule has 0 radical (unpaired) electrons. The highest BCUT2D eigenvalue weighted by atomic mass is 19.1. The number of carbonyl (C=O) groups excluding carboxylic acids is 4. The Morgan fingerprint density at radius 1 is 0.892 bits per heavy atom. The molecular weight excluding hydrogens is 473 g/mol. The summed E-state index contributed by atoms with van der Waals surface area (Å²) >= 11 is 0. The summed E-state index contributed by atoms with van der Waals surface area (Å²) in [6.45, 7) is 2.64. The van der Waals surface area contributed by atoms with Crippen LogP contribution in [0.2, 0.25) is 0 Å². The Bertz CT molecular complexity index is 1520. The number of hydrogen-bond acceptors (Lipinski definition) is 6. The lowest BCUT2D eigenvalue weighted by Gasteiger charge is -2.37. The van der Waals surface area contributed by atoms with Crippen LogP contribution >= 0.6 is 0 Å². The zero-order valence-corrected chi connectivity index (χ0v) is 20.1. The van der Waals surface area contributed by atoms with Gasteiger partial charge in [-0.15, -0.1) is 0 Å². The Labute approximate surface area is 212 Å². The van der Waals surface area contributed by atoms with Gasteiger partial charge in [0.25, 0.3) is 0 Å². The molecule has 0 saturated carbocycles. The van der Waals surface area contributed by atoms with Gasteiger partial charge in [0.1, 0.15) is 11.2 Å². The lowest BCUT2D eigenvalue weighted by molar-refractivity contribution is -0.131. The first kappa shape index (κ1) is 23.0. The molecule has 3 aromatic carbocycles. The molecule has 3 aromatic rings. The molecule has 7 heteroatoms. The van der Waals surface area contributed by atoms with Crippen molar-refractivity contribution in [3.8, 4) is 5.75 Å². The second-order valence-corrected chi connectivity index (χ2v) is 9.63. The van der Waals surface area contributed by atoms with Gasteiger partial charge in [0.15, 0.2) is 23.1 Å². The van der Waals surface area contributed by atoms with Gasteiger partial charge in [-0.25, -0.2) is 4.39 Å². The second kappa shape index (κ2) is 8.06. The maximum atomic E-state index is 15.5. The number of rotatable bonds is 3. The lowest BCUT2D eigenvalue weighted by atomic mass is 9.64.